The molecule has 0 aliphatic carbocycles. The van der Waals surface area contributed by atoms with Crippen molar-refractivity contribution in [2.45, 2.75) is 24.9 Å². The molecule has 0 saturated carbocycles. The number of benzene rings is 1. The van der Waals surface area contributed by atoms with Crippen LogP contribution in [0.2, 0.25) is 0 Å². The average molecular weight is 398 g/mol. The first-order chi connectivity index (χ1) is 12.8. The van der Waals surface area contributed by atoms with E-state index in [9.17, 15) is 22.8 Å². The summed E-state index contributed by atoms with van der Waals surface area (Å²) in [6.45, 7) is -0.443. The first-order valence-electron chi connectivity index (χ1n) is 8.24. The summed E-state index contributed by atoms with van der Waals surface area (Å²) in [5.41, 5.74) is 0.840. The summed E-state index contributed by atoms with van der Waals surface area (Å²) in [6, 6.07) is 7.56. The molecule has 0 spiro atoms. The Balaban J connectivity index is 1.98. The van der Waals surface area contributed by atoms with Crippen molar-refractivity contribution in [2.75, 3.05) is 26.5 Å². The Morgan fingerprint density at radius 3 is 2.41 bits per heavy atom. The Bertz CT molecular complexity index is 795. The van der Waals surface area contributed by atoms with Gasteiger partial charge in [-0.15, -0.1) is 0 Å². The third-order valence-corrected chi connectivity index (χ3v) is 6.15. The molecule has 1 aromatic rings. The number of hydrogen-bond donors (Lipinski definition) is 1. The van der Waals surface area contributed by atoms with Gasteiger partial charge in [-0.05, 0) is 5.56 Å². The lowest BCUT2D eigenvalue weighted by atomic mass is 10.1. The van der Waals surface area contributed by atoms with Crippen LogP contribution in [-0.4, -0.2) is 69.2 Å². The minimum atomic E-state index is -3.56. The molecule has 1 heterocycles. The summed E-state index contributed by atoms with van der Waals surface area (Å²) >= 11 is 0. The van der Waals surface area contributed by atoms with Crippen LogP contribution in [-0.2, 0) is 40.3 Å². The molecule has 1 saturated heterocycles. The number of sulfonamides is 1. The number of ether oxygens (including phenoxy) is 2. The molecule has 1 fully saturated rings. The van der Waals surface area contributed by atoms with E-state index < -0.39 is 46.5 Å². The second-order valence-electron chi connectivity index (χ2n) is 6.09. The Morgan fingerprint density at radius 1 is 1.19 bits per heavy atom. The van der Waals surface area contributed by atoms with Crippen molar-refractivity contribution in [1.29, 1.82) is 0 Å². The van der Waals surface area contributed by atoms with Crippen molar-refractivity contribution in [3.05, 3.63) is 35.9 Å². The van der Waals surface area contributed by atoms with E-state index in [0.717, 1.165) is 17.0 Å². The number of hydrogen-bond acceptors (Lipinski definition) is 7. The molecule has 1 aromatic carbocycles. The average Bonchev–Trinajstić information content (AvgIpc) is 2.64. The molecule has 27 heavy (non-hydrogen) atoms. The van der Waals surface area contributed by atoms with Crippen LogP contribution in [0, 0.1) is 0 Å². The molecule has 10 heteroatoms. The maximum Gasteiger partial charge on any atom is 0.328 e. The Labute approximate surface area is 157 Å². The molecule has 148 valence electrons. The summed E-state index contributed by atoms with van der Waals surface area (Å²) in [4.78, 5) is 35.6. The number of esters is 2. The maximum absolute atomic E-state index is 12.3. The highest BCUT2D eigenvalue weighted by Crippen LogP contribution is 2.24. The number of carbonyl (C=O) groups is 3. The lowest BCUT2D eigenvalue weighted by molar-refractivity contribution is -0.145. The van der Waals surface area contributed by atoms with Crippen LogP contribution in [0.25, 0.3) is 0 Å². The Morgan fingerprint density at radius 2 is 1.85 bits per heavy atom. The van der Waals surface area contributed by atoms with Crippen LogP contribution in [0.3, 0.4) is 0 Å². The van der Waals surface area contributed by atoms with Crippen LogP contribution in [0.5, 0.6) is 0 Å². The molecule has 1 N–H and O–H groups in total. The minimum Gasteiger partial charge on any atom is -0.468 e. The fourth-order valence-corrected chi connectivity index (χ4v) is 4.42. The Kier molecular flexibility index (Phi) is 6.92. The van der Waals surface area contributed by atoms with Gasteiger partial charge in [-0.25, -0.2) is 13.2 Å². The molecule has 0 radical (unpaired) electrons. The Hall–Kier alpha value is -2.46. The molecule has 0 bridgehead atoms. The van der Waals surface area contributed by atoms with Gasteiger partial charge in [-0.2, -0.15) is 4.31 Å². The van der Waals surface area contributed by atoms with Crippen molar-refractivity contribution < 1.29 is 32.3 Å². The second kappa shape index (κ2) is 8.96. The number of rotatable bonds is 8. The van der Waals surface area contributed by atoms with Crippen molar-refractivity contribution in [1.82, 2.24) is 9.62 Å². The number of methoxy groups -OCH3 is 2. The van der Waals surface area contributed by atoms with Crippen LogP contribution >= 0.6 is 0 Å². The van der Waals surface area contributed by atoms with Crippen molar-refractivity contribution in [3.63, 3.8) is 0 Å². The number of nitrogens with one attached hydrogen (secondary N) is 1. The fraction of sp³-hybridized carbons (Fsp3) is 0.471. The molecular weight excluding hydrogens is 376 g/mol. The van der Waals surface area contributed by atoms with Crippen molar-refractivity contribution >= 4 is 27.9 Å². The minimum absolute atomic E-state index is 0.168. The van der Waals surface area contributed by atoms with Gasteiger partial charge in [-0.1, -0.05) is 30.3 Å². The summed E-state index contributed by atoms with van der Waals surface area (Å²) in [6.07, 6.45) is 0.0760. The highest BCUT2D eigenvalue weighted by molar-refractivity contribution is 7.90. The first kappa shape index (κ1) is 20.8. The van der Waals surface area contributed by atoms with Gasteiger partial charge in [0.25, 0.3) is 0 Å². The third kappa shape index (κ3) is 5.51. The van der Waals surface area contributed by atoms with E-state index in [2.05, 4.69) is 10.1 Å². The van der Waals surface area contributed by atoms with E-state index in [-0.39, 0.29) is 18.6 Å². The van der Waals surface area contributed by atoms with Crippen LogP contribution < -0.4 is 5.32 Å². The monoisotopic (exact) mass is 398 g/mol. The molecule has 1 unspecified atom stereocenters. The number of amides is 1. The largest absolute Gasteiger partial charge is 0.468 e. The SMILES string of the molecule is COC(=O)CN1C(CC(=O)N[C@@H](Cc2ccccc2)C(=O)OC)CS1(=O)=O. The number of carbonyl (C=O) groups excluding carboxylic acids is 3. The van der Waals surface area contributed by atoms with Crippen molar-refractivity contribution in [3.8, 4) is 0 Å². The van der Waals surface area contributed by atoms with Crippen molar-refractivity contribution in [2.24, 2.45) is 0 Å². The van der Waals surface area contributed by atoms with Crippen LogP contribution in [0.1, 0.15) is 12.0 Å². The molecule has 2 atom stereocenters. The van der Waals surface area contributed by atoms with E-state index in [4.69, 9.17) is 4.74 Å². The lowest BCUT2D eigenvalue weighted by Gasteiger charge is -2.38. The normalized spacial score (nSPS) is 19.4. The molecule has 1 aliphatic rings. The molecule has 1 amide bonds. The zero-order valence-corrected chi connectivity index (χ0v) is 15.9. The number of nitrogens with zero attached hydrogens (tertiary/aromatic N) is 1. The summed E-state index contributed by atoms with van der Waals surface area (Å²) in [5, 5.41) is 2.58. The van der Waals surface area contributed by atoms with Crippen LogP contribution in [0.4, 0.5) is 0 Å². The van der Waals surface area contributed by atoms with E-state index >= 15 is 0 Å². The maximum atomic E-state index is 12.3. The van der Waals surface area contributed by atoms with Gasteiger partial charge >= 0.3 is 11.9 Å². The van der Waals surface area contributed by atoms with E-state index in [1.165, 1.54) is 7.11 Å². The predicted molar refractivity (Wildman–Crippen MR) is 95.0 cm³/mol. The van der Waals surface area contributed by atoms with Gasteiger partial charge in [-0.3, -0.25) is 9.59 Å². The molecule has 0 aromatic heterocycles. The molecule has 2 rings (SSSR count). The molecule has 9 nitrogen and oxygen atoms in total. The second-order valence-corrected chi connectivity index (χ2v) is 8.06. The summed E-state index contributed by atoms with van der Waals surface area (Å²) in [5.74, 6) is -2.05. The van der Waals surface area contributed by atoms with E-state index in [1.807, 2.05) is 30.3 Å². The standard InChI is InChI=1S/C17H22N2O7S/c1-25-16(21)10-19-13(11-27(19,23)24)9-15(20)18-14(17(22)26-2)8-12-6-4-3-5-7-12/h3-7,13-14H,8-11H2,1-2H3,(H,18,20)/t13?,14-/m0/s1. The topological polar surface area (TPSA) is 119 Å². The highest BCUT2D eigenvalue weighted by atomic mass is 32.2. The predicted octanol–water partition coefficient (Wildman–Crippen LogP) is -0.536. The van der Waals surface area contributed by atoms with Gasteiger partial charge in [0.1, 0.15) is 12.6 Å². The quantitative estimate of drug-likeness (QED) is 0.584. The molecular formula is C17H22N2O7S. The molecule has 1 aliphatic heterocycles. The van der Waals surface area contributed by atoms with E-state index in [1.54, 1.807) is 0 Å². The van der Waals surface area contributed by atoms with E-state index in [0.29, 0.717) is 0 Å². The third-order valence-electron chi connectivity index (χ3n) is 4.20. The van der Waals surface area contributed by atoms with Crippen LogP contribution in [0.15, 0.2) is 30.3 Å². The van der Waals surface area contributed by atoms with Gasteiger partial charge in [0.15, 0.2) is 0 Å². The first-order valence-corrected chi connectivity index (χ1v) is 9.85. The lowest BCUT2D eigenvalue weighted by Crippen LogP contribution is -2.59. The van der Waals surface area contributed by atoms with Gasteiger partial charge in [0.05, 0.1) is 20.0 Å². The summed E-state index contributed by atoms with van der Waals surface area (Å²) in [7, 11) is -1.18. The zero-order chi connectivity index (χ0) is 20.0. The summed E-state index contributed by atoms with van der Waals surface area (Å²) < 4.78 is 33.7. The van der Waals surface area contributed by atoms with Gasteiger partial charge < -0.3 is 14.8 Å². The zero-order valence-electron chi connectivity index (χ0n) is 15.1. The smallest absolute Gasteiger partial charge is 0.328 e. The van der Waals surface area contributed by atoms with Gasteiger partial charge in [0.2, 0.25) is 15.9 Å². The van der Waals surface area contributed by atoms with Gasteiger partial charge in [0, 0.05) is 18.9 Å². The fourth-order valence-electron chi connectivity index (χ4n) is 2.80. The highest BCUT2D eigenvalue weighted by Gasteiger charge is 2.45.